The van der Waals surface area contributed by atoms with Crippen LogP contribution in [0.2, 0.25) is 0 Å². The predicted octanol–water partition coefficient (Wildman–Crippen LogP) is 1.70. The minimum absolute atomic E-state index is 0.806. The Morgan fingerprint density at radius 3 is 2.50 bits per heavy atom. The highest BCUT2D eigenvalue weighted by atomic mass is 15.1. The molecule has 2 heteroatoms. The molecule has 12 heavy (non-hydrogen) atoms. The van der Waals surface area contributed by atoms with E-state index in [-0.39, 0.29) is 0 Å². The van der Waals surface area contributed by atoms with Gasteiger partial charge in [-0.1, -0.05) is 13.8 Å². The Morgan fingerprint density at radius 1 is 1.33 bits per heavy atom. The van der Waals surface area contributed by atoms with Gasteiger partial charge in [0.1, 0.15) is 0 Å². The molecular formula is C10H24N2. The number of hydrogen-bond acceptors (Lipinski definition) is 2. The summed E-state index contributed by atoms with van der Waals surface area (Å²) in [5.74, 6) is 0.806. The molecule has 0 aromatic rings. The maximum absolute atomic E-state index is 5.48. The van der Waals surface area contributed by atoms with Gasteiger partial charge in [0.25, 0.3) is 0 Å². The van der Waals surface area contributed by atoms with Gasteiger partial charge < -0.3 is 10.6 Å². The topological polar surface area (TPSA) is 29.3 Å². The van der Waals surface area contributed by atoms with Crippen LogP contribution in [0, 0.1) is 5.92 Å². The largest absolute Gasteiger partial charge is 0.330 e. The number of nitrogens with zero attached hydrogens (tertiary/aromatic N) is 1. The third kappa shape index (κ3) is 6.62. The first-order valence-corrected chi connectivity index (χ1v) is 5.09. The van der Waals surface area contributed by atoms with Gasteiger partial charge in [-0.3, -0.25) is 0 Å². The molecule has 0 heterocycles. The van der Waals surface area contributed by atoms with Crippen LogP contribution in [0.25, 0.3) is 0 Å². The molecule has 0 aromatic heterocycles. The summed E-state index contributed by atoms with van der Waals surface area (Å²) >= 11 is 0. The summed E-state index contributed by atoms with van der Waals surface area (Å²) in [7, 11) is 2.17. The van der Waals surface area contributed by atoms with Crippen molar-refractivity contribution in [2.24, 2.45) is 11.7 Å². The van der Waals surface area contributed by atoms with Crippen LogP contribution in [0.15, 0.2) is 0 Å². The van der Waals surface area contributed by atoms with Crippen LogP contribution in [0.5, 0.6) is 0 Å². The molecule has 0 spiro atoms. The van der Waals surface area contributed by atoms with Gasteiger partial charge >= 0.3 is 0 Å². The quantitative estimate of drug-likeness (QED) is 0.633. The van der Waals surface area contributed by atoms with Crippen LogP contribution in [0.4, 0.5) is 0 Å². The zero-order valence-corrected chi connectivity index (χ0v) is 8.84. The summed E-state index contributed by atoms with van der Waals surface area (Å²) in [4.78, 5) is 2.36. The normalized spacial score (nSPS) is 13.8. The molecule has 0 radical (unpaired) electrons. The Balaban J connectivity index is 3.18. The van der Waals surface area contributed by atoms with Crippen molar-refractivity contribution in [2.75, 3.05) is 26.7 Å². The predicted molar refractivity (Wildman–Crippen MR) is 55.2 cm³/mol. The van der Waals surface area contributed by atoms with E-state index in [1.54, 1.807) is 0 Å². The highest BCUT2D eigenvalue weighted by Gasteiger charge is 2.01. The number of hydrogen-bond donors (Lipinski definition) is 1. The van der Waals surface area contributed by atoms with Crippen LogP contribution in [0.1, 0.15) is 33.1 Å². The molecule has 1 unspecified atom stereocenters. The lowest BCUT2D eigenvalue weighted by Crippen LogP contribution is -2.19. The molecule has 0 rings (SSSR count). The molecule has 0 saturated heterocycles. The van der Waals surface area contributed by atoms with Crippen molar-refractivity contribution in [3.8, 4) is 0 Å². The van der Waals surface area contributed by atoms with E-state index in [2.05, 4.69) is 25.8 Å². The Hall–Kier alpha value is -0.0800. The van der Waals surface area contributed by atoms with Crippen molar-refractivity contribution >= 4 is 0 Å². The monoisotopic (exact) mass is 172 g/mol. The van der Waals surface area contributed by atoms with Crippen LogP contribution < -0.4 is 5.73 Å². The molecule has 0 aliphatic carbocycles. The molecule has 0 fully saturated rings. The fourth-order valence-corrected chi connectivity index (χ4v) is 1.30. The minimum atomic E-state index is 0.806. The first-order chi connectivity index (χ1) is 5.70. The average molecular weight is 172 g/mol. The molecule has 0 saturated carbocycles. The second-order valence-corrected chi connectivity index (χ2v) is 3.72. The van der Waals surface area contributed by atoms with E-state index in [1.807, 2.05) is 0 Å². The summed E-state index contributed by atoms with van der Waals surface area (Å²) in [5.41, 5.74) is 5.48. The molecular weight excluding hydrogens is 148 g/mol. The molecule has 0 bridgehead atoms. The second-order valence-electron chi connectivity index (χ2n) is 3.72. The molecule has 0 aliphatic heterocycles. The van der Waals surface area contributed by atoms with Crippen LogP contribution in [0.3, 0.4) is 0 Å². The summed E-state index contributed by atoms with van der Waals surface area (Å²) < 4.78 is 0. The lowest BCUT2D eigenvalue weighted by molar-refractivity contribution is 0.327. The van der Waals surface area contributed by atoms with E-state index in [4.69, 9.17) is 5.73 Å². The lowest BCUT2D eigenvalue weighted by atomic mass is 10.0. The van der Waals surface area contributed by atoms with Crippen LogP contribution >= 0.6 is 0 Å². The molecule has 0 aromatic carbocycles. The van der Waals surface area contributed by atoms with Crippen molar-refractivity contribution < 1.29 is 0 Å². The molecule has 0 aliphatic rings. The molecule has 0 amide bonds. The van der Waals surface area contributed by atoms with E-state index in [1.165, 1.54) is 25.8 Å². The SMILES string of the molecule is CCN(C)CCCC(C)CCN. The van der Waals surface area contributed by atoms with Gasteiger partial charge in [-0.25, -0.2) is 0 Å². The maximum atomic E-state index is 5.48. The highest BCUT2D eigenvalue weighted by molar-refractivity contribution is 4.56. The Bertz CT molecular complexity index is 93.8. The smallest absolute Gasteiger partial charge is 0.00218 e. The van der Waals surface area contributed by atoms with Crippen molar-refractivity contribution in [1.82, 2.24) is 4.90 Å². The fraction of sp³-hybridized carbons (Fsp3) is 1.00. The van der Waals surface area contributed by atoms with E-state index in [9.17, 15) is 0 Å². The van der Waals surface area contributed by atoms with Crippen LogP contribution in [-0.2, 0) is 0 Å². The molecule has 1 atom stereocenters. The zero-order chi connectivity index (χ0) is 9.40. The average Bonchev–Trinajstić information content (AvgIpc) is 2.04. The standard InChI is InChI=1S/C10H24N2/c1-4-12(3)9-5-6-10(2)7-8-11/h10H,4-9,11H2,1-3H3. The Labute approximate surface area is 77.1 Å². The van der Waals surface area contributed by atoms with Gasteiger partial charge in [-0.15, -0.1) is 0 Å². The zero-order valence-electron chi connectivity index (χ0n) is 8.84. The van der Waals surface area contributed by atoms with Crippen molar-refractivity contribution in [3.63, 3.8) is 0 Å². The lowest BCUT2D eigenvalue weighted by Gasteiger charge is -2.15. The molecule has 2 N–H and O–H groups in total. The van der Waals surface area contributed by atoms with Gasteiger partial charge in [0.05, 0.1) is 0 Å². The van der Waals surface area contributed by atoms with Gasteiger partial charge in [-0.2, -0.15) is 0 Å². The second kappa shape index (κ2) is 7.56. The summed E-state index contributed by atoms with van der Waals surface area (Å²) in [6, 6.07) is 0. The highest BCUT2D eigenvalue weighted by Crippen LogP contribution is 2.08. The first-order valence-electron chi connectivity index (χ1n) is 5.09. The van der Waals surface area contributed by atoms with Crippen molar-refractivity contribution in [1.29, 1.82) is 0 Å². The van der Waals surface area contributed by atoms with Gasteiger partial charge in [0.2, 0.25) is 0 Å². The summed E-state index contributed by atoms with van der Waals surface area (Å²) in [6.07, 6.45) is 3.81. The first kappa shape index (κ1) is 11.9. The van der Waals surface area contributed by atoms with Gasteiger partial charge in [0.15, 0.2) is 0 Å². The third-order valence-corrected chi connectivity index (χ3v) is 2.44. The van der Waals surface area contributed by atoms with E-state index < -0.39 is 0 Å². The summed E-state index contributed by atoms with van der Waals surface area (Å²) in [5, 5.41) is 0. The van der Waals surface area contributed by atoms with Crippen molar-refractivity contribution in [2.45, 2.75) is 33.1 Å². The van der Waals surface area contributed by atoms with Crippen molar-refractivity contribution in [3.05, 3.63) is 0 Å². The molecule has 2 nitrogen and oxygen atoms in total. The summed E-state index contributed by atoms with van der Waals surface area (Å²) in [6.45, 7) is 7.71. The fourth-order valence-electron chi connectivity index (χ4n) is 1.30. The maximum Gasteiger partial charge on any atom is -0.00218 e. The third-order valence-electron chi connectivity index (χ3n) is 2.44. The molecule has 74 valence electrons. The van der Waals surface area contributed by atoms with Gasteiger partial charge in [0, 0.05) is 0 Å². The van der Waals surface area contributed by atoms with Gasteiger partial charge in [-0.05, 0) is 51.9 Å². The van der Waals surface area contributed by atoms with Crippen LogP contribution in [-0.4, -0.2) is 31.6 Å². The van der Waals surface area contributed by atoms with E-state index in [0.29, 0.717) is 0 Å². The minimum Gasteiger partial charge on any atom is -0.330 e. The van der Waals surface area contributed by atoms with E-state index >= 15 is 0 Å². The van der Waals surface area contributed by atoms with E-state index in [0.717, 1.165) is 19.0 Å². The number of nitrogens with two attached hydrogens (primary N) is 1. The number of rotatable bonds is 7. The Kier molecular flexibility index (Phi) is 7.51. The Morgan fingerprint density at radius 2 is 2.00 bits per heavy atom.